The maximum atomic E-state index is 12.7. The largest absolute Gasteiger partial charge is 0.393 e. The Morgan fingerprint density at radius 2 is 1.91 bits per heavy atom. The van der Waals surface area contributed by atoms with E-state index < -0.39 is 0 Å². The number of hydrogen-bond acceptors (Lipinski definition) is 3. The Kier molecular flexibility index (Phi) is 5.34. The first-order valence-electron chi connectivity index (χ1n) is 8.89. The van der Waals surface area contributed by atoms with Gasteiger partial charge in [-0.05, 0) is 44.2 Å². The summed E-state index contributed by atoms with van der Waals surface area (Å²) >= 11 is 0. The molecule has 2 saturated carbocycles. The maximum absolute atomic E-state index is 12.7. The molecule has 2 aliphatic carbocycles. The van der Waals surface area contributed by atoms with Crippen molar-refractivity contribution in [3.05, 3.63) is 35.9 Å². The average Bonchev–Trinajstić information content (AvgIpc) is 3.35. The number of carbonyl (C=O) groups excluding carboxylic acids is 1. The van der Waals surface area contributed by atoms with Gasteiger partial charge in [0.2, 0.25) is 5.91 Å². The molecule has 126 valence electrons. The zero-order valence-electron chi connectivity index (χ0n) is 13.9. The second-order valence-electron chi connectivity index (χ2n) is 7.15. The fourth-order valence-corrected chi connectivity index (χ4v) is 3.63. The van der Waals surface area contributed by atoms with Crippen LogP contribution in [0.15, 0.2) is 30.3 Å². The van der Waals surface area contributed by atoms with Crippen LogP contribution in [-0.2, 0) is 4.79 Å². The topological polar surface area (TPSA) is 52.6 Å². The first-order valence-corrected chi connectivity index (χ1v) is 8.89. The van der Waals surface area contributed by atoms with Crippen molar-refractivity contribution in [2.45, 2.75) is 56.7 Å². The van der Waals surface area contributed by atoms with Gasteiger partial charge in [0.15, 0.2) is 0 Å². The summed E-state index contributed by atoms with van der Waals surface area (Å²) in [6.45, 7) is 0.763. The summed E-state index contributed by atoms with van der Waals surface area (Å²) in [5, 5.41) is 13.4. The van der Waals surface area contributed by atoms with E-state index in [0.717, 1.165) is 44.2 Å². The number of carbonyl (C=O) groups is 1. The van der Waals surface area contributed by atoms with Gasteiger partial charge in [0.05, 0.1) is 6.10 Å². The van der Waals surface area contributed by atoms with Crippen LogP contribution in [0.5, 0.6) is 0 Å². The van der Waals surface area contributed by atoms with Crippen LogP contribution in [0.2, 0.25) is 0 Å². The fraction of sp³-hybridized carbons (Fsp3) is 0.632. The second-order valence-corrected chi connectivity index (χ2v) is 7.15. The normalized spacial score (nSPS) is 26.0. The zero-order valence-corrected chi connectivity index (χ0v) is 13.9. The van der Waals surface area contributed by atoms with E-state index in [9.17, 15) is 9.90 Å². The molecule has 2 fully saturated rings. The summed E-state index contributed by atoms with van der Waals surface area (Å²) in [4.78, 5) is 14.9. The van der Waals surface area contributed by atoms with Gasteiger partial charge in [-0.3, -0.25) is 9.69 Å². The van der Waals surface area contributed by atoms with Crippen molar-refractivity contribution in [1.82, 2.24) is 10.2 Å². The van der Waals surface area contributed by atoms with Crippen LogP contribution < -0.4 is 5.32 Å². The molecular formula is C19H28N2O2. The molecule has 0 saturated heterocycles. The molecule has 0 bridgehead atoms. The molecule has 0 spiro atoms. The summed E-state index contributed by atoms with van der Waals surface area (Å²) in [7, 11) is 2.01. The van der Waals surface area contributed by atoms with E-state index >= 15 is 0 Å². The molecule has 0 heterocycles. The number of benzene rings is 1. The number of nitrogens with zero attached hydrogens (tertiary/aromatic N) is 1. The Labute approximate surface area is 138 Å². The highest BCUT2D eigenvalue weighted by Gasteiger charge is 2.33. The van der Waals surface area contributed by atoms with Crippen LogP contribution in [-0.4, -0.2) is 41.7 Å². The van der Waals surface area contributed by atoms with Crippen molar-refractivity contribution >= 4 is 5.91 Å². The lowest BCUT2D eigenvalue weighted by molar-refractivity contribution is -0.127. The van der Waals surface area contributed by atoms with Crippen LogP contribution in [0.4, 0.5) is 0 Å². The van der Waals surface area contributed by atoms with Crippen LogP contribution >= 0.6 is 0 Å². The minimum atomic E-state index is -0.272. The van der Waals surface area contributed by atoms with E-state index in [0.29, 0.717) is 6.04 Å². The maximum Gasteiger partial charge on any atom is 0.242 e. The van der Waals surface area contributed by atoms with Gasteiger partial charge >= 0.3 is 0 Å². The first-order chi connectivity index (χ1) is 11.1. The molecule has 1 aromatic carbocycles. The monoisotopic (exact) mass is 316 g/mol. The minimum absolute atomic E-state index is 0.0894. The number of likely N-dealkylation sites (N-methyl/N-ethyl adjacent to an activating group) is 1. The quantitative estimate of drug-likeness (QED) is 0.848. The van der Waals surface area contributed by atoms with E-state index in [1.54, 1.807) is 0 Å². The molecule has 4 nitrogen and oxygen atoms in total. The molecule has 2 aliphatic rings. The Bertz CT molecular complexity index is 515. The lowest BCUT2D eigenvalue weighted by Crippen LogP contribution is -2.43. The molecule has 3 atom stereocenters. The van der Waals surface area contributed by atoms with Crippen molar-refractivity contribution in [3.63, 3.8) is 0 Å². The molecule has 3 rings (SSSR count). The highest BCUT2D eigenvalue weighted by Crippen LogP contribution is 2.29. The standard InChI is InChI=1S/C19H28N2O2/c1-21(13-15-9-5-6-10-17(15)22)18(14-7-3-2-4-8-14)19(23)20-16-11-12-16/h2-4,7-8,15-18,22H,5-6,9-13H2,1H3,(H,20,23). The predicted octanol–water partition coefficient (Wildman–Crippen LogP) is 2.49. The van der Waals surface area contributed by atoms with Crippen LogP contribution in [0.3, 0.4) is 0 Å². The van der Waals surface area contributed by atoms with Crippen LogP contribution in [0.1, 0.15) is 50.1 Å². The Hall–Kier alpha value is -1.39. The van der Waals surface area contributed by atoms with Gasteiger partial charge < -0.3 is 10.4 Å². The molecule has 0 aromatic heterocycles. The molecular weight excluding hydrogens is 288 g/mol. The highest BCUT2D eigenvalue weighted by molar-refractivity contribution is 5.83. The van der Waals surface area contributed by atoms with E-state index in [4.69, 9.17) is 0 Å². The molecule has 23 heavy (non-hydrogen) atoms. The van der Waals surface area contributed by atoms with Gasteiger partial charge in [-0.2, -0.15) is 0 Å². The van der Waals surface area contributed by atoms with Crippen LogP contribution in [0.25, 0.3) is 0 Å². The van der Waals surface area contributed by atoms with E-state index in [1.807, 2.05) is 37.4 Å². The van der Waals surface area contributed by atoms with E-state index in [2.05, 4.69) is 10.2 Å². The lowest BCUT2D eigenvalue weighted by Gasteiger charge is -2.34. The van der Waals surface area contributed by atoms with Crippen molar-refractivity contribution < 1.29 is 9.90 Å². The van der Waals surface area contributed by atoms with Gasteiger partial charge in [-0.1, -0.05) is 43.2 Å². The van der Waals surface area contributed by atoms with Gasteiger partial charge in [0, 0.05) is 12.6 Å². The highest BCUT2D eigenvalue weighted by atomic mass is 16.3. The number of rotatable bonds is 6. The Morgan fingerprint density at radius 1 is 1.22 bits per heavy atom. The molecule has 3 unspecified atom stereocenters. The van der Waals surface area contributed by atoms with Crippen LogP contribution in [0, 0.1) is 5.92 Å². The molecule has 0 radical (unpaired) electrons. The number of aliphatic hydroxyl groups excluding tert-OH is 1. The number of amides is 1. The fourth-order valence-electron chi connectivity index (χ4n) is 3.63. The third-order valence-corrected chi connectivity index (χ3v) is 5.12. The van der Waals surface area contributed by atoms with Gasteiger partial charge in [0.1, 0.15) is 6.04 Å². The minimum Gasteiger partial charge on any atom is -0.393 e. The van der Waals surface area contributed by atoms with Crippen molar-refractivity contribution in [3.8, 4) is 0 Å². The summed E-state index contributed by atoms with van der Waals surface area (Å²) in [6, 6.07) is 10.1. The molecule has 2 N–H and O–H groups in total. The lowest BCUT2D eigenvalue weighted by atomic mass is 9.86. The van der Waals surface area contributed by atoms with Gasteiger partial charge in [-0.15, -0.1) is 0 Å². The molecule has 0 aliphatic heterocycles. The van der Waals surface area contributed by atoms with E-state index in [-0.39, 0.29) is 24.0 Å². The summed E-state index contributed by atoms with van der Waals surface area (Å²) in [5.41, 5.74) is 1.03. The summed E-state index contributed by atoms with van der Waals surface area (Å²) < 4.78 is 0. The zero-order chi connectivity index (χ0) is 16.2. The second kappa shape index (κ2) is 7.45. The third kappa shape index (κ3) is 4.33. The first kappa shape index (κ1) is 16.5. The average molecular weight is 316 g/mol. The SMILES string of the molecule is CN(CC1CCCCC1O)C(C(=O)NC1CC1)c1ccccc1. The predicted molar refractivity (Wildman–Crippen MR) is 90.9 cm³/mol. The van der Waals surface area contributed by atoms with Gasteiger partial charge in [-0.25, -0.2) is 0 Å². The molecule has 1 amide bonds. The number of aliphatic hydroxyl groups is 1. The Morgan fingerprint density at radius 3 is 2.57 bits per heavy atom. The van der Waals surface area contributed by atoms with Crippen molar-refractivity contribution in [1.29, 1.82) is 0 Å². The Balaban J connectivity index is 1.72. The molecule has 1 aromatic rings. The molecule has 4 heteroatoms. The van der Waals surface area contributed by atoms with E-state index in [1.165, 1.54) is 6.42 Å². The number of hydrogen-bond donors (Lipinski definition) is 2. The van der Waals surface area contributed by atoms with Gasteiger partial charge in [0.25, 0.3) is 0 Å². The number of nitrogens with one attached hydrogen (secondary N) is 1. The smallest absolute Gasteiger partial charge is 0.242 e. The summed E-state index contributed by atoms with van der Waals surface area (Å²) in [5.74, 6) is 0.361. The summed E-state index contributed by atoms with van der Waals surface area (Å²) in [6.07, 6.45) is 6.21. The van der Waals surface area contributed by atoms with Crippen molar-refractivity contribution in [2.24, 2.45) is 5.92 Å². The van der Waals surface area contributed by atoms with Crippen molar-refractivity contribution in [2.75, 3.05) is 13.6 Å². The third-order valence-electron chi connectivity index (χ3n) is 5.12.